The average molecular weight is 318 g/mol. The highest BCUT2D eigenvalue weighted by Crippen LogP contribution is 2.34. The van der Waals surface area contributed by atoms with Gasteiger partial charge in [-0.05, 0) is 48.0 Å². The largest absolute Gasteiger partial charge is 0.454 e. The molecule has 1 aliphatic rings. The normalized spacial score (nSPS) is 12.4. The van der Waals surface area contributed by atoms with Crippen molar-refractivity contribution in [2.24, 2.45) is 0 Å². The monoisotopic (exact) mass is 318 g/mol. The maximum Gasteiger partial charge on any atom is 0.231 e. The van der Waals surface area contributed by atoms with Crippen LogP contribution in [0, 0.1) is 0 Å². The minimum atomic E-state index is -0.146. The van der Waals surface area contributed by atoms with Gasteiger partial charge in [-0.25, -0.2) is 0 Å². The van der Waals surface area contributed by atoms with Crippen LogP contribution in [0.25, 0.3) is 10.8 Å². The van der Waals surface area contributed by atoms with Crippen molar-refractivity contribution in [1.82, 2.24) is 0 Å². The van der Waals surface area contributed by atoms with Crippen molar-refractivity contribution in [3.8, 4) is 11.5 Å². The zero-order chi connectivity index (χ0) is 16.7. The number of fused-ring (bicyclic) bond motifs is 2. The molecule has 0 unspecified atom stereocenters. The van der Waals surface area contributed by atoms with Gasteiger partial charge in [0, 0.05) is 16.7 Å². The molecule has 3 aromatic carbocycles. The molecular weight excluding hydrogens is 304 g/mol. The summed E-state index contributed by atoms with van der Waals surface area (Å²) < 4.78 is 10.6. The van der Waals surface area contributed by atoms with Gasteiger partial charge in [0.05, 0.1) is 0 Å². The summed E-state index contributed by atoms with van der Waals surface area (Å²) in [5.41, 5.74) is 1.54. The van der Waals surface area contributed by atoms with Crippen LogP contribution in [0.15, 0.2) is 54.6 Å². The van der Waals surface area contributed by atoms with Crippen LogP contribution < -0.4 is 9.47 Å². The third kappa shape index (κ3) is 2.33. The number of benzene rings is 3. The molecule has 4 heteroatoms. The predicted octanol–water partition coefficient (Wildman–Crippen LogP) is 4.00. The first-order chi connectivity index (χ1) is 11.6. The highest BCUT2D eigenvalue weighted by atomic mass is 16.7. The third-order valence-electron chi connectivity index (χ3n) is 4.15. The average Bonchev–Trinajstić information content (AvgIpc) is 3.07. The summed E-state index contributed by atoms with van der Waals surface area (Å²) in [4.78, 5) is 24.8. The first-order valence-corrected chi connectivity index (χ1v) is 7.61. The molecule has 4 nitrogen and oxygen atoms in total. The van der Waals surface area contributed by atoms with Gasteiger partial charge in [0.25, 0.3) is 0 Å². The van der Waals surface area contributed by atoms with Crippen molar-refractivity contribution in [1.29, 1.82) is 0 Å². The SMILES string of the molecule is CC(=O)c1cc(C(=O)c2ccc3c(c2)OCO3)c2ccccc2c1. The Bertz CT molecular complexity index is 988. The van der Waals surface area contributed by atoms with Crippen LogP contribution in [0.4, 0.5) is 0 Å². The van der Waals surface area contributed by atoms with E-state index in [1.54, 1.807) is 24.3 Å². The van der Waals surface area contributed by atoms with Gasteiger partial charge in [-0.1, -0.05) is 24.3 Å². The van der Waals surface area contributed by atoms with E-state index in [1.807, 2.05) is 30.3 Å². The molecule has 0 spiro atoms. The Hall–Kier alpha value is -3.14. The highest BCUT2D eigenvalue weighted by molar-refractivity contribution is 6.18. The van der Waals surface area contributed by atoms with Gasteiger partial charge in [-0.15, -0.1) is 0 Å². The van der Waals surface area contributed by atoms with Gasteiger partial charge in [0.2, 0.25) is 6.79 Å². The van der Waals surface area contributed by atoms with Crippen LogP contribution >= 0.6 is 0 Å². The van der Waals surface area contributed by atoms with Crippen LogP contribution in [-0.4, -0.2) is 18.4 Å². The first kappa shape index (κ1) is 14.5. The second-order valence-corrected chi connectivity index (χ2v) is 5.70. The molecule has 3 aromatic rings. The summed E-state index contributed by atoms with van der Waals surface area (Å²) in [5, 5.41) is 1.69. The molecular formula is C20H14O4. The number of carbonyl (C=O) groups is 2. The van der Waals surface area contributed by atoms with Crippen LogP contribution in [0.1, 0.15) is 33.2 Å². The minimum absolute atomic E-state index is 0.0690. The Balaban J connectivity index is 1.88. The summed E-state index contributed by atoms with van der Waals surface area (Å²) in [6, 6.07) is 16.2. The van der Waals surface area contributed by atoms with Crippen LogP contribution in [0.5, 0.6) is 11.5 Å². The van der Waals surface area contributed by atoms with E-state index >= 15 is 0 Å². The zero-order valence-corrected chi connectivity index (χ0v) is 13.0. The summed E-state index contributed by atoms with van der Waals surface area (Å²) in [7, 11) is 0. The van der Waals surface area contributed by atoms with Crippen molar-refractivity contribution in [2.45, 2.75) is 6.92 Å². The number of carbonyl (C=O) groups excluding carboxylic acids is 2. The first-order valence-electron chi connectivity index (χ1n) is 7.61. The maximum absolute atomic E-state index is 13.0. The lowest BCUT2D eigenvalue weighted by Gasteiger charge is -2.09. The smallest absolute Gasteiger partial charge is 0.231 e. The minimum Gasteiger partial charge on any atom is -0.454 e. The fourth-order valence-electron chi connectivity index (χ4n) is 2.90. The number of rotatable bonds is 3. The van der Waals surface area contributed by atoms with E-state index in [-0.39, 0.29) is 18.4 Å². The van der Waals surface area contributed by atoms with Gasteiger partial charge < -0.3 is 9.47 Å². The molecule has 0 N–H and O–H groups in total. The molecule has 0 aromatic heterocycles. The molecule has 1 heterocycles. The van der Waals surface area contributed by atoms with Crippen molar-refractivity contribution >= 4 is 22.3 Å². The fraction of sp³-hybridized carbons (Fsp3) is 0.100. The number of Topliss-reactive ketones (excluding diaryl/α,β-unsaturated/α-hetero) is 1. The summed E-state index contributed by atoms with van der Waals surface area (Å²) in [6.45, 7) is 1.66. The van der Waals surface area contributed by atoms with Crippen molar-refractivity contribution in [3.63, 3.8) is 0 Å². The van der Waals surface area contributed by atoms with Gasteiger partial charge in [0.1, 0.15) is 0 Å². The van der Waals surface area contributed by atoms with E-state index < -0.39 is 0 Å². The van der Waals surface area contributed by atoms with Gasteiger partial charge in [-0.3, -0.25) is 9.59 Å². The second kappa shape index (κ2) is 5.49. The Kier molecular flexibility index (Phi) is 3.31. The molecule has 0 atom stereocenters. The van der Waals surface area contributed by atoms with E-state index in [9.17, 15) is 9.59 Å². The number of hydrogen-bond acceptors (Lipinski definition) is 4. The van der Waals surface area contributed by atoms with Crippen LogP contribution in [-0.2, 0) is 0 Å². The van der Waals surface area contributed by atoms with E-state index in [0.717, 1.165) is 10.8 Å². The fourth-order valence-corrected chi connectivity index (χ4v) is 2.90. The van der Waals surface area contributed by atoms with E-state index in [2.05, 4.69) is 0 Å². The quantitative estimate of drug-likeness (QED) is 0.685. The Morgan fingerprint density at radius 3 is 2.50 bits per heavy atom. The summed E-state index contributed by atoms with van der Waals surface area (Å²) in [5.74, 6) is 0.981. The maximum atomic E-state index is 13.0. The molecule has 0 saturated carbocycles. The number of ether oxygens (including phenoxy) is 2. The topological polar surface area (TPSA) is 52.6 Å². The summed E-state index contributed by atoms with van der Waals surface area (Å²) in [6.07, 6.45) is 0. The molecule has 0 radical (unpaired) electrons. The summed E-state index contributed by atoms with van der Waals surface area (Å²) >= 11 is 0. The predicted molar refractivity (Wildman–Crippen MR) is 90.0 cm³/mol. The molecule has 24 heavy (non-hydrogen) atoms. The van der Waals surface area contributed by atoms with Gasteiger partial charge in [-0.2, -0.15) is 0 Å². The van der Waals surface area contributed by atoms with E-state index in [4.69, 9.17) is 9.47 Å². The lowest BCUT2D eigenvalue weighted by molar-refractivity contribution is 0.101. The van der Waals surface area contributed by atoms with Crippen molar-refractivity contribution in [2.75, 3.05) is 6.79 Å². The van der Waals surface area contributed by atoms with Gasteiger partial charge in [0.15, 0.2) is 23.1 Å². The zero-order valence-electron chi connectivity index (χ0n) is 13.0. The Morgan fingerprint density at radius 2 is 1.67 bits per heavy atom. The van der Waals surface area contributed by atoms with Crippen molar-refractivity contribution < 1.29 is 19.1 Å². The third-order valence-corrected chi connectivity index (χ3v) is 4.15. The number of hydrogen-bond donors (Lipinski definition) is 0. The van der Waals surface area contributed by atoms with Crippen molar-refractivity contribution in [3.05, 3.63) is 71.3 Å². The lowest BCUT2D eigenvalue weighted by atomic mass is 9.94. The van der Waals surface area contributed by atoms with Crippen LogP contribution in [0.2, 0.25) is 0 Å². The molecule has 1 aliphatic heterocycles. The lowest BCUT2D eigenvalue weighted by Crippen LogP contribution is -2.05. The van der Waals surface area contributed by atoms with Gasteiger partial charge >= 0.3 is 0 Å². The molecule has 4 rings (SSSR count). The number of ketones is 2. The molecule has 0 saturated heterocycles. The highest BCUT2D eigenvalue weighted by Gasteiger charge is 2.19. The molecule has 118 valence electrons. The molecule has 0 amide bonds. The van der Waals surface area contributed by atoms with E-state index in [0.29, 0.717) is 28.2 Å². The second-order valence-electron chi connectivity index (χ2n) is 5.70. The Labute approximate surface area is 138 Å². The standard InChI is InChI=1S/C20H14O4/c1-12(21)15-8-13-4-2-3-5-16(13)17(9-15)20(22)14-6-7-18-19(10-14)24-11-23-18/h2-10H,11H2,1H3. The van der Waals surface area contributed by atoms with Crippen LogP contribution in [0.3, 0.4) is 0 Å². The van der Waals surface area contributed by atoms with E-state index in [1.165, 1.54) is 6.92 Å². The molecule has 0 fully saturated rings. The molecule has 0 bridgehead atoms. The Morgan fingerprint density at radius 1 is 0.875 bits per heavy atom. The molecule has 0 aliphatic carbocycles.